The summed E-state index contributed by atoms with van der Waals surface area (Å²) in [5.74, 6) is 0. The molecule has 98 valence electrons. The molecule has 0 aliphatic heterocycles. The van der Waals surface area contributed by atoms with Crippen molar-refractivity contribution in [2.75, 3.05) is 7.11 Å². The lowest BCUT2D eigenvalue weighted by atomic mass is 10.1. The van der Waals surface area contributed by atoms with Crippen molar-refractivity contribution < 1.29 is 17.7 Å². The molecule has 0 spiro atoms. The Bertz CT molecular complexity index is 436. The first kappa shape index (κ1) is 16.3. The molecule has 7 heteroatoms. The number of aliphatic hydroxyl groups excluding tert-OH is 1. The van der Waals surface area contributed by atoms with Gasteiger partial charge in [0.05, 0.1) is 6.10 Å². The van der Waals surface area contributed by atoms with Crippen LogP contribution in [0.2, 0.25) is 5.02 Å². The van der Waals surface area contributed by atoms with Gasteiger partial charge in [-0.2, -0.15) is 8.42 Å². The molecule has 17 heavy (non-hydrogen) atoms. The van der Waals surface area contributed by atoms with E-state index in [9.17, 15) is 8.42 Å². The van der Waals surface area contributed by atoms with Gasteiger partial charge in [0.1, 0.15) is 0 Å². The minimum atomic E-state index is -3.90. The zero-order valence-corrected chi connectivity index (χ0v) is 11.2. The van der Waals surface area contributed by atoms with Crippen LogP contribution in [0.15, 0.2) is 24.3 Å². The fraction of sp³-hybridized carbons (Fsp3) is 0.400. The Kier molecular flexibility index (Phi) is 7.33. The van der Waals surface area contributed by atoms with Crippen LogP contribution in [0.25, 0.3) is 0 Å². The Morgan fingerprint density at radius 1 is 1.41 bits per heavy atom. The Morgan fingerprint density at radius 3 is 2.41 bits per heavy atom. The van der Waals surface area contributed by atoms with Crippen LogP contribution in [0.4, 0.5) is 0 Å². The van der Waals surface area contributed by atoms with Crippen LogP contribution in [0, 0.1) is 0 Å². The van der Waals surface area contributed by atoms with Crippen molar-refractivity contribution in [3.05, 3.63) is 34.9 Å². The Labute approximate surface area is 106 Å². The van der Waals surface area contributed by atoms with Gasteiger partial charge in [-0.25, -0.2) is 5.14 Å². The van der Waals surface area contributed by atoms with E-state index in [0.717, 1.165) is 12.7 Å². The lowest BCUT2D eigenvalue weighted by Gasteiger charge is -2.11. The zero-order chi connectivity index (χ0) is 13.5. The van der Waals surface area contributed by atoms with Crippen molar-refractivity contribution in [3.8, 4) is 0 Å². The fourth-order valence-corrected chi connectivity index (χ4v) is 1.98. The van der Waals surface area contributed by atoms with E-state index in [1.54, 1.807) is 19.1 Å². The normalized spacial score (nSPS) is 12.5. The Morgan fingerprint density at radius 2 is 1.94 bits per heavy atom. The van der Waals surface area contributed by atoms with E-state index in [1.165, 1.54) is 0 Å². The third-order valence-electron chi connectivity index (χ3n) is 1.76. The van der Waals surface area contributed by atoms with Gasteiger partial charge in [0.2, 0.25) is 0 Å². The third-order valence-corrected chi connectivity index (χ3v) is 2.73. The second kappa shape index (κ2) is 7.62. The third kappa shape index (κ3) is 7.30. The molecular formula is C10H16ClNO4S. The molecule has 5 nitrogen and oxygen atoms in total. The number of hydrogen-bond donors (Lipinski definition) is 2. The first-order valence-electron chi connectivity index (χ1n) is 4.77. The number of benzene rings is 1. The van der Waals surface area contributed by atoms with Gasteiger partial charge in [-0.15, -0.1) is 0 Å². The highest BCUT2D eigenvalue weighted by molar-refractivity contribution is 7.84. The van der Waals surface area contributed by atoms with Crippen LogP contribution in [-0.2, 0) is 20.9 Å². The first-order chi connectivity index (χ1) is 7.88. The highest BCUT2D eigenvalue weighted by Crippen LogP contribution is 2.17. The van der Waals surface area contributed by atoms with Gasteiger partial charge >= 0.3 is 10.3 Å². The lowest BCUT2D eigenvalue weighted by molar-refractivity contribution is 0.229. The summed E-state index contributed by atoms with van der Waals surface area (Å²) in [6.07, 6.45) is -0.129. The average molecular weight is 282 g/mol. The molecule has 1 rings (SSSR count). The maximum absolute atomic E-state index is 10.6. The summed E-state index contributed by atoms with van der Waals surface area (Å²) >= 11 is 5.90. The Hall–Kier alpha value is -0.660. The van der Waals surface area contributed by atoms with Crippen molar-refractivity contribution in [2.45, 2.75) is 19.4 Å². The summed E-state index contributed by atoms with van der Waals surface area (Å²) < 4.78 is 25.9. The van der Waals surface area contributed by atoms with Crippen LogP contribution in [0.5, 0.6) is 0 Å². The molecule has 1 aromatic carbocycles. The lowest BCUT2D eigenvalue weighted by Crippen LogP contribution is -2.23. The number of halogens is 1. The van der Waals surface area contributed by atoms with E-state index in [1.807, 2.05) is 12.1 Å². The largest absolute Gasteiger partial charge is 0.400 e. The van der Waals surface area contributed by atoms with Crippen molar-refractivity contribution in [2.24, 2.45) is 5.14 Å². The average Bonchev–Trinajstić information content (AvgIpc) is 2.22. The van der Waals surface area contributed by atoms with E-state index >= 15 is 0 Å². The Balaban J connectivity index is 0.00000121. The zero-order valence-electron chi connectivity index (χ0n) is 9.63. The molecule has 3 N–H and O–H groups in total. The minimum absolute atomic E-state index is 0.399. The predicted octanol–water partition coefficient (Wildman–Crippen LogP) is 1.10. The summed E-state index contributed by atoms with van der Waals surface area (Å²) in [5.41, 5.74) is 0.829. The molecule has 0 heterocycles. The van der Waals surface area contributed by atoms with Crippen molar-refractivity contribution in [3.63, 3.8) is 0 Å². The van der Waals surface area contributed by atoms with E-state index in [4.69, 9.17) is 21.8 Å². The van der Waals surface area contributed by atoms with Crippen molar-refractivity contribution in [1.29, 1.82) is 0 Å². The van der Waals surface area contributed by atoms with E-state index in [2.05, 4.69) is 4.18 Å². The second-order valence-electron chi connectivity index (χ2n) is 3.20. The summed E-state index contributed by atoms with van der Waals surface area (Å²) in [7, 11) is -2.90. The molecule has 0 radical (unpaired) electrons. The number of aliphatic hydroxyl groups is 1. The maximum Gasteiger partial charge on any atom is 0.333 e. The highest BCUT2D eigenvalue weighted by atomic mass is 35.5. The molecule has 0 bridgehead atoms. The van der Waals surface area contributed by atoms with E-state index in [-0.39, 0.29) is 0 Å². The van der Waals surface area contributed by atoms with Gasteiger partial charge in [-0.1, -0.05) is 29.8 Å². The molecule has 1 atom stereocenters. The number of nitrogens with two attached hydrogens (primary N) is 1. The van der Waals surface area contributed by atoms with Gasteiger partial charge in [-0.3, -0.25) is 4.18 Å². The van der Waals surface area contributed by atoms with Crippen LogP contribution in [-0.4, -0.2) is 26.7 Å². The van der Waals surface area contributed by atoms with E-state index < -0.39 is 16.4 Å². The molecular weight excluding hydrogens is 266 g/mol. The molecule has 0 aromatic heterocycles. The molecule has 0 saturated carbocycles. The standard InChI is InChI=1S/C9H12ClNO3S.CH4O/c1-7(14-15(11,12)13)6-8-4-2-3-5-9(8)10;1-2/h2-5,7H,6H2,1H3,(H2,11,12,13);2H,1H3/t7-;/m0./s1. The van der Waals surface area contributed by atoms with Gasteiger partial charge in [-0.05, 0) is 18.6 Å². The van der Waals surface area contributed by atoms with Crippen molar-refractivity contribution >= 4 is 21.9 Å². The van der Waals surface area contributed by atoms with Crippen molar-refractivity contribution in [1.82, 2.24) is 0 Å². The predicted molar refractivity (Wildman–Crippen MR) is 67.0 cm³/mol. The van der Waals surface area contributed by atoms with Gasteiger partial charge in [0.25, 0.3) is 0 Å². The van der Waals surface area contributed by atoms with Gasteiger partial charge < -0.3 is 5.11 Å². The summed E-state index contributed by atoms with van der Waals surface area (Å²) in [4.78, 5) is 0. The van der Waals surface area contributed by atoms with Crippen LogP contribution in [0.1, 0.15) is 12.5 Å². The topological polar surface area (TPSA) is 89.6 Å². The van der Waals surface area contributed by atoms with Gasteiger partial charge in [0.15, 0.2) is 0 Å². The number of hydrogen-bond acceptors (Lipinski definition) is 4. The van der Waals surface area contributed by atoms with Crippen LogP contribution < -0.4 is 5.14 Å². The molecule has 0 aliphatic rings. The maximum atomic E-state index is 10.6. The molecule has 0 aliphatic carbocycles. The van der Waals surface area contributed by atoms with Crippen LogP contribution in [0.3, 0.4) is 0 Å². The SMILES string of the molecule is CO.C[C@@H](Cc1ccccc1Cl)OS(N)(=O)=O. The van der Waals surface area contributed by atoms with E-state index in [0.29, 0.717) is 11.4 Å². The minimum Gasteiger partial charge on any atom is -0.400 e. The molecule has 0 saturated heterocycles. The second-order valence-corrected chi connectivity index (χ2v) is 4.78. The smallest absolute Gasteiger partial charge is 0.333 e. The molecule has 0 amide bonds. The summed E-state index contributed by atoms with van der Waals surface area (Å²) in [6, 6.07) is 7.17. The summed E-state index contributed by atoms with van der Waals surface area (Å²) in [6.45, 7) is 1.62. The summed E-state index contributed by atoms with van der Waals surface area (Å²) in [5, 5.41) is 12.3. The molecule has 1 aromatic rings. The number of rotatable bonds is 4. The first-order valence-corrected chi connectivity index (χ1v) is 6.62. The quantitative estimate of drug-likeness (QED) is 0.865. The van der Waals surface area contributed by atoms with Crippen LogP contribution >= 0.6 is 11.6 Å². The monoisotopic (exact) mass is 281 g/mol. The highest BCUT2D eigenvalue weighted by Gasteiger charge is 2.12. The molecule has 0 fully saturated rings. The van der Waals surface area contributed by atoms with Gasteiger partial charge in [0, 0.05) is 18.6 Å². The molecule has 0 unspecified atom stereocenters. The fourth-order valence-electron chi connectivity index (χ4n) is 1.24.